The summed E-state index contributed by atoms with van der Waals surface area (Å²) >= 11 is 0. The summed E-state index contributed by atoms with van der Waals surface area (Å²) in [6, 6.07) is 0. The Bertz CT molecular complexity index is 239. The molecule has 0 aliphatic rings. The molecular formula is C8H18N2O6. The van der Waals surface area contributed by atoms with Crippen LogP contribution in [0.25, 0.3) is 0 Å². The summed E-state index contributed by atoms with van der Waals surface area (Å²) in [6.07, 6.45) is -6.01. The van der Waals surface area contributed by atoms with Gasteiger partial charge in [-0.1, -0.05) is 0 Å². The minimum Gasteiger partial charge on any atom is -0.394 e. The van der Waals surface area contributed by atoms with Crippen molar-refractivity contribution in [3.8, 4) is 0 Å². The maximum absolute atomic E-state index is 11.0. The molecular weight excluding hydrogens is 220 g/mol. The van der Waals surface area contributed by atoms with Gasteiger partial charge in [-0.25, -0.2) is 0 Å². The zero-order valence-electron chi connectivity index (χ0n) is 8.65. The van der Waals surface area contributed by atoms with Crippen molar-refractivity contribution in [3.05, 3.63) is 0 Å². The van der Waals surface area contributed by atoms with E-state index < -0.39 is 36.4 Å². The summed E-state index contributed by atoms with van der Waals surface area (Å²) in [6.45, 7) is -0.992. The SMILES string of the molecule is NCCC(O)(C(N)=O)C(O)C(O)C(O)CO. The minimum atomic E-state index is -2.44. The van der Waals surface area contributed by atoms with Crippen LogP contribution in [0.4, 0.5) is 0 Å². The van der Waals surface area contributed by atoms with Gasteiger partial charge in [0.25, 0.3) is 5.91 Å². The highest BCUT2D eigenvalue weighted by atomic mass is 16.4. The molecule has 0 aromatic rings. The first-order valence-corrected chi connectivity index (χ1v) is 4.68. The molecule has 0 saturated heterocycles. The van der Waals surface area contributed by atoms with Crippen molar-refractivity contribution in [2.45, 2.75) is 30.3 Å². The van der Waals surface area contributed by atoms with Gasteiger partial charge in [0, 0.05) is 6.42 Å². The van der Waals surface area contributed by atoms with E-state index in [2.05, 4.69) is 0 Å². The van der Waals surface area contributed by atoms with Crippen LogP contribution in [-0.4, -0.2) is 68.5 Å². The summed E-state index contributed by atoms with van der Waals surface area (Å²) in [5.74, 6) is -1.27. The van der Waals surface area contributed by atoms with Crippen LogP contribution >= 0.6 is 0 Å². The van der Waals surface area contributed by atoms with Gasteiger partial charge in [-0.3, -0.25) is 4.79 Å². The highest BCUT2D eigenvalue weighted by molar-refractivity contribution is 5.84. The van der Waals surface area contributed by atoms with E-state index in [0.717, 1.165) is 0 Å². The second-order valence-corrected chi connectivity index (χ2v) is 3.51. The molecule has 4 atom stereocenters. The summed E-state index contributed by atoms with van der Waals surface area (Å²) in [4.78, 5) is 11.0. The van der Waals surface area contributed by atoms with E-state index >= 15 is 0 Å². The van der Waals surface area contributed by atoms with Crippen molar-refractivity contribution in [2.24, 2.45) is 11.5 Å². The second-order valence-electron chi connectivity index (χ2n) is 3.51. The number of hydrogen-bond acceptors (Lipinski definition) is 7. The number of carbonyl (C=O) groups excluding carboxylic acids is 1. The van der Waals surface area contributed by atoms with Crippen molar-refractivity contribution in [1.82, 2.24) is 0 Å². The summed E-state index contributed by atoms with van der Waals surface area (Å²) in [5, 5.41) is 46.2. The highest BCUT2D eigenvalue weighted by Gasteiger charge is 2.46. The van der Waals surface area contributed by atoms with Gasteiger partial charge in [-0.2, -0.15) is 0 Å². The maximum atomic E-state index is 11.0. The van der Waals surface area contributed by atoms with Gasteiger partial charge in [-0.05, 0) is 6.54 Å². The Hall–Kier alpha value is -0.770. The standard InChI is InChI=1S/C8H18N2O6/c9-2-1-8(16,7(10)15)6(14)5(13)4(12)3-11/h4-6,11-14,16H,1-3,9H2,(H2,10,15). The lowest BCUT2D eigenvalue weighted by molar-refractivity contribution is -0.174. The molecule has 0 spiro atoms. The van der Waals surface area contributed by atoms with Crippen LogP contribution in [0.3, 0.4) is 0 Å². The number of hydrogen-bond donors (Lipinski definition) is 7. The quantitative estimate of drug-likeness (QED) is 0.235. The molecule has 16 heavy (non-hydrogen) atoms. The van der Waals surface area contributed by atoms with Crippen molar-refractivity contribution in [2.75, 3.05) is 13.2 Å². The van der Waals surface area contributed by atoms with E-state index in [0.29, 0.717) is 0 Å². The number of primary amides is 1. The zero-order chi connectivity index (χ0) is 12.9. The topological polar surface area (TPSA) is 170 Å². The zero-order valence-corrected chi connectivity index (χ0v) is 8.65. The highest BCUT2D eigenvalue weighted by Crippen LogP contribution is 2.19. The average Bonchev–Trinajstić information content (AvgIpc) is 2.25. The maximum Gasteiger partial charge on any atom is 0.252 e. The van der Waals surface area contributed by atoms with E-state index in [4.69, 9.17) is 21.7 Å². The molecule has 8 heteroatoms. The predicted molar refractivity (Wildman–Crippen MR) is 52.9 cm³/mol. The van der Waals surface area contributed by atoms with Crippen LogP contribution in [0.1, 0.15) is 6.42 Å². The first kappa shape index (κ1) is 15.2. The largest absolute Gasteiger partial charge is 0.394 e. The van der Waals surface area contributed by atoms with Gasteiger partial charge in [-0.15, -0.1) is 0 Å². The van der Waals surface area contributed by atoms with E-state index in [1.807, 2.05) is 0 Å². The van der Waals surface area contributed by atoms with Crippen LogP contribution < -0.4 is 11.5 Å². The van der Waals surface area contributed by atoms with Gasteiger partial charge < -0.3 is 37.0 Å². The molecule has 9 N–H and O–H groups in total. The molecule has 8 nitrogen and oxygen atoms in total. The number of nitrogens with two attached hydrogens (primary N) is 2. The first-order valence-electron chi connectivity index (χ1n) is 4.68. The Labute approximate surface area is 92.1 Å². The fourth-order valence-electron chi connectivity index (χ4n) is 1.24. The fourth-order valence-corrected chi connectivity index (χ4v) is 1.24. The monoisotopic (exact) mass is 238 g/mol. The van der Waals surface area contributed by atoms with Gasteiger partial charge in [0.05, 0.1) is 6.61 Å². The van der Waals surface area contributed by atoms with Crippen molar-refractivity contribution in [3.63, 3.8) is 0 Å². The smallest absolute Gasteiger partial charge is 0.252 e. The molecule has 96 valence electrons. The number of aliphatic hydroxyl groups is 5. The minimum absolute atomic E-state index is 0.154. The van der Waals surface area contributed by atoms with Gasteiger partial charge >= 0.3 is 0 Å². The summed E-state index contributed by atoms with van der Waals surface area (Å²) in [5.41, 5.74) is 7.56. The third-order valence-electron chi connectivity index (χ3n) is 2.35. The molecule has 0 aromatic carbocycles. The van der Waals surface area contributed by atoms with Gasteiger partial charge in [0.1, 0.15) is 18.3 Å². The van der Waals surface area contributed by atoms with Crippen LogP contribution in [-0.2, 0) is 4.79 Å². The van der Waals surface area contributed by atoms with E-state index in [-0.39, 0.29) is 13.0 Å². The van der Waals surface area contributed by atoms with Crippen molar-refractivity contribution >= 4 is 5.91 Å². The van der Waals surface area contributed by atoms with Crippen molar-refractivity contribution in [1.29, 1.82) is 0 Å². The van der Waals surface area contributed by atoms with Crippen LogP contribution in [0.5, 0.6) is 0 Å². The van der Waals surface area contributed by atoms with E-state index in [1.165, 1.54) is 0 Å². The third-order valence-corrected chi connectivity index (χ3v) is 2.35. The molecule has 0 aromatic heterocycles. The number of rotatable bonds is 7. The molecule has 0 saturated carbocycles. The Balaban J connectivity index is 4.87. The van der Waals surface area contributed by atoms with Crippen LogP contribution in [0.15, 0.2) is 0 Å². The molecule has 1 amide bonds. The average molecular weight is 238 g/mol. The molecule has 0 aliphatic heterocycles. The molecule has 0 radical (unpaired) electrons. The molecule has 0 bridgehead atoms. The molecule has 0 heterocycles. The Morgan fingerprint density at radius 1 is 1.31 bits per heavy atom. The van der Waals surface area contributed by atoms with Crippen molar-refractivity contribution < 1.29 is 30.3 Å². The first-order chi connectivity index (χ1) is 7.31. The van der Waals surface area contributed by atoms with Gasteiger partial charge in [0.2, 0.25) is 0 Å². The lowest BCUT2D eigenvalue weighted by Gasteiger charge is -2.33. The lowest BCUT2D eigenvalue weighted by Crippen LogP contribution is -2.60. The number of aliphatic hydroxyl groups excluding tert-OH is 4. The predicted octanol–water partition coefficient (Wildman–Crippen LogP) is -4.37. The molecule has 0 fully saturated rings. The van der Waals surface area contributed by atoms with E-state index in [9.17, 15) is 20.1 Å². The van der Waals surface area contributed by atoms with E-state index in [1.54, 1.807) is 0 Å². The van der Waals surface area contributed by atoms with Gasteiger partial charge in [0.15, 0.2) is 5.60 Å². The third kappa shape index (κ3) is 3.11. The Morgan fingerprint density at radius 3 is 2.12 bits per heavy atom. The summed E-state index contributed by atoms with van der Waals surface area (Å²) < 4.78 is 0. The number of carbonyl (C=O) groups is 1. The van der Waals surface area contributed by atoms with Crippen LogP contribution in [0, 0.1) is 0 Å². The lowest BCUT2D eigenvalue weighted by atomic mass is 9.87. The normalized spacial score (nSPS) is 20.9. The Morgan fingerprint density at radius 2 is 1.81 bits per heavy atom. The van der Waals surface area contributed by atoms with Crippen LogP contribution in [0.2, 0.25) is 0 Å². The molecule has 0 rings (SSSR count). The number of amides is 1. The second kappa shape index (κ2) is 6.09. The fraction of sp³-hybridized carbons (Fsp3) is 0.875. The Kier molecular flexibility index (Phi) is 5.79. The summed E-state index contributed by atoms with van der Waals surface area (Å²) in [7, 11) is 0. The molecule has 4 unspecified atom stereocenters. The molecule has 0 aliphatic carbocycles.